The van der Waals surface area contributed by atoms with Gasteiger partial charge in [0, 0.05) is 25.7 Å². The number of sulfonamides is 1. The predicted molar refractivity (Wildman–Crippen MR) is 124 cm³/mol. The number of hydrogen-bond donors (Lipinski definition) is 1. The Hall–Kier alpha value is -2.64. The molecule has 2 amide bonds. The summed E-state index contributed by atoms with van der Waals surface area (Å²) in [6.07, 6.45) is 6.49. The van der Waals surface area contributed by atoms with Gasteiger partial charge in [0.25, 0.3) is 0 Å². The molecule has 0 saturated carbocycles. The Morgan fingerprint density at radius 1 is 1.13 bits per heavy atom. The minimum atomic E-state index is -3.37. The molecule has 2 unspecified atom stereocenters. The Bertz CT molecular complexity index is 1100. The van der Waals surface area contributed by atoms with Crippen LogP contribution in [0.3, 0.4) is 0 Å². The van der Waals surface area contributed by atoms with Crippen molar-refractivity contribution in [3.8, 4) is 11.1 Å². The molecule has 1 N–H and O–H groups in total. The Balaban J connectivity index is 1.79. The lowest BCUT2D eigenvalue weighted by Gasteiger charge is -2.32. The summed E-state index contributed by atoms with van der Waals surface area (Å²) < 4.78 is 26.7. The van der Waals surface area contributed by atoms with E-state index in [-0.39, 0.29) is 18.1 Å². The van der Waals surface area contributed by atoms with E-state index in [0.29, 0.717) is 32.5 Å². The molecule has 2 aromatic rings. The van der Waals surface area contributed by atoms with Gasteiger partial charge in [-0.05, 0) is 42.0 Å². The molecule has 2 heterocycles. The minimum absolute atomic E-state index is 0.0429. The normalized spacial score (nSPS) is 22.7. The molecule has 2 aromatic carbocycles. The number of fused-ring (bicyclic) bond motifs is 5. The summed E-state index contributed by atoms with van der Waals surface area (Å²) in [5, 5.41) is 0. The second-order valence-electron chi connectivity index (χ2n) is 8.26. The van der Waals surface area contributed by atoms with Crippen LogP contribution in [0.25, 0.3) is 17.2 Å². The first kappa shape index (κ1) is 21.6. The molecule has 31 heavy (non-hydrogen) atoms. The summed E-state index contributed by atoms with van der Waals surface area (Å²) in [7, 11) is -3.37. The number of benzene rings is 2. The molecule has 0 aliphatic carbocycles. The van der Waals surface area contributed by atoms with Crippen molar-refractivity contribution in [3.63, 3.8) is 0 Å². The van der Waals surface area contributed by atoms with Crippen LogP contribution in [0.15, 0.2) is 54.6 Å². The van der Waals surface area contributed by atoms with Crippen molar-refractivity contribution in [2.75, 3.05) is 25.9 Å². The third-order valence-electron chi connectivity index (χ3n) is 6.08. The third kappa shape index (κ3) is 4.83. The van der Waals surface area contributed by atoms with E-state index in [1.807, 2.05) is 41.0 Å². The largest absolute Gasteiger partial charge is 0.321 e. The maximum atomic E-state index is 13.4. The van der Waals surface area contributed by atoms with Crippen LogP contribution >= 0.6 is 0 Å². The molecule has 0 spiro atoms. The first-order valence-corrected chi connectivity index (χ1v) is 12.6. The number of carbonyl (C=O) groups is 1. The molecule has 0 aromatic heterocycles. The fraction of sp³-hybridized carbons (Fsp3) is 0.375. The highest BCUT2D eigenvalue weighted by atomic mass is 32.2. The lowest BCUT2D eigenvalue weighted by atomic mass is 9.94. The number of urea groups is 1. The summed E-state index contributed by atoms with van der Waals surface area (Å²) >= 11 is 0. The lowest BCUT2D eigenvalue weighted by molar-refractivity contribution is 0.152. The van der Waals surface area contributed by atoms with Gasteiger partial charge in [-0.25, -0.2) is 17.9 Å². The van der Waals surface area contributed by atoms with Crippen LogP contribution in [-0.2, 0) is 16.4 Å². The Labute approximate surface area is 184 Å². The highest BCUT2D eigenvalue weighted by molar-refractivity contribution is 7.88. The van der Waals surface area contributed by atoms with Crippen molar-refractivity contribution in [3.05, 3.63) is 65.7 Å². The number of amides is 2. The fourth-order valence-electron chi connectivity index (χ4n) is 4.60. The van der Waals surface area contributed by atoms with E-state index >= 15 is 0 Å². The molecule has 2 aliphatic rings. The molecular weight excluding hydrogens is 410 g/mol. The molecule has 7 heteroatoms. The summed E-state index contributed by atoms with van der Waals surface area (Å²) in [6.45, 7) is 3.61. The third-order valence-corrected chi connectivity index (χ3v) is 6.81. The zero-order valence-corrected chi connectivity index (χ0v) is 18.8. The summed E-state index contributed by atoms with van der Waals surface area (Å²) in [6, 6.07) is 16.0. The van der Waals surface area contributed by atoms with Gasteiger partial charge in [0.15, 0.2) is 0 Å². The van der Waals surface area contributed by atoms with E-state index < -0.39 is 10.0 Å². The van der Waals surface area contributed by atoms with E-state index in [1.165, 1.54) is 6.26 Å². The van der Waals surface area contributed by atoms with Gasteiger partial charge in [-0.2, -0.15) is 0 Å². The topological polar surface area (TPSA) is 69.7 Å². The molecule has 4 rings (SSSR count). The molecule has 2 atom stereocenters. The monoisotopic (exact) mass is 439 g/mol. The Kier molecular flexibility index (Phi) is 6.16. The molecule has 1 fully saturated rings. The molecule has 1 saturated heterocycles. The minimum Gasteiger partial charge on any atom is -0.321 e. The van der Waals surface area contributed by atoms with Gasteiger partial charge in [0.1, 0.15) is 0 Å². The van der Waals surface area contributed by atoms with Crippen LogP contribution in [0.1, 0.15) is 24.5 Å². The maximum Gasteiger partial charge on any atom is 0.320 e. The van der Waals surface area contributed by atoms with Crippen molar-refractivity contribution < 1.29 is 13.2 Å². The standard InChI is InChI=1S/C24H29N3O3S/c1-3-26-14-7-11-19-9-4-5-12-21(19)20-10-6-8-18(16-20)17-23-22(25-31(2,29)30)13-15-27(23)24(26)28/h4-12,16,22-23,25H,3,13-15,17H2,1-2H3/b11-7+. The van der Waals surface area contributed by atoms with E-state index in [2.05, 4.69) is 41.1 Å². The quantitative estimate of drug-likeness (QED) is 0.797. The van der Waals surface area contributed by atoms with E-state index in [9.17, 15) is 13.2 Å². The van der Waals surface area contributed by atoms with Crippen LogP contribution < -0.4 is 4.72 Å². The number of nitrogens with one attached hydrogen (secondary N) is 1. The van der Waals surface area contributed by atoms with Crippen molar-refractivity contribution in [1.29, 1.82) is 0 Å². The zero-order valence-electron chi connectivity index (χ0n) is 18.0. The van der Waals surface area contributed by atoms with Gasteiger partial charge in [-0.3, -0.25) is 0 Å². The number of rotatable bonds is 3. The van der Waals surface area contributed by atoms with Crippen LogP contribution in [0, 0.1) is 0 Å². The van der Waals surface area contributed by atoms with E-state index in [0.717, 1.165) is 22.3 Å². The predicted octanol–water partition coefficient (Wildman–Crippen LogP) is 3.36. The van der Waals surface area contributed by atoms with Gasteiger partial charge in [0.05, 0.1) is 12.3 Å². The first-order valence-electron chi connectivity index (χ1n) is 10.7. The van der Waals surface area contributed by atoms with Crippen LogP contribution in [0.4, 0.5) is 4.79 Å². The Morgan fingerprint density at radius 2 is 1.94 bits per heavy atom. The molecular formula is C24H29N3O3S. The zero-order chi connectivity index (χ0) is 22.0. The Morgan fingerprint density at radius 3 is 2.71 bits per heavy atom. The smallest absolute Gasteiger partial charge is 0.320 e. The molecule has 164 valence electrons. The average molecular weight is 440 g/mol. The maximum absolute atomic E-state index is 13.4. The second kappa shape index (κ2) is 8.85. The molecule has 2 bridgehead atoms. The lowest BCUT2D eigenvalue weighted by Crippen LogP contribution is -2.51. The van der Waals surface area contributed by atoms with E-state index in [4.69, 9.17) is 0 Å². The van der Waals surface area contributed by atoms with E-state index in [1.54, 1.807) is 0 Å². The fourth-order valence-corrected chi connectivity index (χ4v) is 5.42. The van der Waals surface area contributed by atoms with Gasteiger partial charge in [0.2, 0.25) is 10.0 Å². The molecule has 0 radical (unpaired) electrons. The van der Waals surface area contributed by atoms with Crippen LogP contribution in [0.5, 0.6) is 0 Å². The van der Waals surface area contributed by atoms with Crippen molar-refractivity contribution in [1.82, 2.24) is 14.5 Å². The summed E-state index contributed by atoms with van der Waals surface area (Å²) in [5.74, 6) is 0. The van der Waals surface area contributed by atoms with Gasteiger partial charge >= 0.3 is 6.03 Å². The first-order chi connectivity index (χ1) is 14.9. The SMILES string of the molecule is CCN1C/C=C/c2ccccc2-c2cccc(c2)CC2C(NS(C)(=O)=O)CCN2C1=O. The second-order valence-corrected chi connectivity index (χ2v) is 10.0. The van der Waals surface area contributed by atoms with Crippen LogP contribution in [0.2, 0.25) is 0 Å². The summed E-state index contributed by atoms with van der Waals surface area (Å²) in [5.41, 5.74) is 4.46. The molecule has 2 aliphatic heterocycles. The number of carbonyl (C=O) groups excluding carboxylic acids is 1. The highest BCUT2D eigenvalue weighted by Crippen LogP contribution is 2.29. The van der Waals surface area contributed by atoms with Crippen LogP contribution in [-0.4, -0.2) is 62.2 Å². The highest BCUT2D eigenvalue weighted by Gasteiger charge is 2.39. The van der Waals surface area contributed by atoms with Crippen molar-refractivity contribution in [2.24, 2.45) is 0 Å². The number of hydrogen-bond acceptors (Lipinski definition) is 3. The number of nitrogens with zero attached hydrogens (tertiary/aromatic N) is 2. The molecule has 6 nitrogen and oxygen atoms in total. The van der Waals surface area contributed by atoms with Crippen molar-refractivity contribution in [2.45, 2.75) is 31.8 Å². The van der Waals surface area contributed by atoms with Gasteiger partial charge in [-0.15, -0.1) is 0 Å². The average Bonchev–Trinajstić information content (AvgIpc) is 3.11. The van der Waals surface area contributed by atoms with Crippen molar-refractivity contribution >= 4 is 22.1 Å². The number of likely N-dealkylation sites (N-methyl/N-ethyl adjacent to an activating group) is 1. The van der Waals surface area contributed by atoms with Gasteiger partial charge < -0.3 is 9.80 Å². The summed E-state index contributed by atoms with van der Waals surface area (Å²) in [4.78, 5) is 17.0. The van der Waals surface area contributed by atoms with Gasteiger partial charge in [-0.1, -0.05) is 60.7 Å².